The van der Waals surface area contributed by atoms with E-state index in [2.05, 4.69) is 5.32 Å². The molecule has 1 aliphatic rings. The summed E-state index contributed by atoms with van der Waals surface area (Å²) in [6.07, 6.45) is 1.45. The molecule has 1 aliphatic heterocycles. The minimum atomic E-state index is -0.898. The van der Waals surface area contributed by atoms with E-state index in [0.717, 1.165) is 24.0 Å². The third-order valence-corrected chi connectivity index (χ3v) is 5.15. The van der Waals surface area contributed by atoms with Gasteiger partial charge in [-0.2, -0.15) is 0 Å². The fourth-order valence-corrected chi connectivity index (χ4v) is 3.74. The minimum absolute atomic E-state index is 0.0301. The third-order valence-electron chi connectivity index (χ3n) is 5.15. The van der Waals surface area contributed by atoms with Crippen LogP contribution in [0.5, 0.6) is 0 Å². The van der Waals surface area contributed by atoms with Crippen molar-refractivity contribution >= 4 is 11.8 Å². The van der Waals surface area contributed by atoms with E-state index in [1.54, 1.807) is 12.1 Å². The van der Waals surface area contributed by atoms with Crippen LogP contribution in [0.2, 0.25) is 0 Å². The molecular formula is C21H25N3O3. The summed E-state index contributed by atoms with van der Waals surface area (Å²) >= 11 is 0. The number of hydrogen-bond donors (Lipinski definition) is 5. The van der Waals surface area contributed by atoms with E-state index in [9.17, 15) is 15.0 Å². The summed E-state index contributed by atoms with van der Waals surface area (Å²) in [6, 6.07) is 12.5. The fourth-order valence-electron chi connectivity index (χ4n) is 3.74. The molecule has 0 saturated carbocycles. The summed E-state index contributed by atoms with van der Waals surface area (Å²) in [7, 11) is 0. The number of nitrogen functional groups attached to an aromatic ring is 1. The van der Waals surface area contributed by atoms with E-state index < -0.39 is 18.1 Å². The fraction of sp³-hybridized carbons (Fsp3) is 0.333. The summed E-state index contributed by atoms with van der Waals surface area (Å²) in [5.74, 6) is -1.45. The van der Waals surface area contributed by atoms with Crippen molar-refractivity contribution in [2.24, 2.45) is 5.73 Å². The Labute approximate surface area is 158 Å². The lowest BCUT2D eigenvalue weighted by Crippen LogP contribution is -2.22. The first-order valence-corrected chi connectivity index (χ1v) is 9.18. The molecule has 0 aromatic heterocycles. The molecule has 6 heteroatoms. The second-order valence-electron chi connectivity index (χ2n) is 6.92. The van der Waals surface area contributed by atoms with Crippen molar-refractivity contribution in [1.82, 2.24) is 5.32 Å². The van der Waals surface area contributed by atoms with Crippen molar-refractivity contribution in [1.29, 1.82) is 5.41 Å². The highest BCUT2D eigenvalue weighted by molar-refractivity contribution is 5.96. The van der Waals surface area contributed by atoms with E-state index in [1.807, 2.05) is 37.3 Å². The Morgan fingerprint density at radius 2 is 1.96 bits per heavy atom. The zero-order chi connectivity index (χ0) is 19.6. The van der Waals surface area contributed by atoms with Gasteiger partial charge in [0.1, 0.15) is 12.1 Å². The summed E-state index contributed by atoms with van der Waals surface area (Å²) in [6.45, 7) is 2.03. The van der Waals surface area contributed by atoms with Crippen LogP contribution in [0.15, 0.2) is 42.5 Å². The van der Waals surface area contributed by atoms with Gasteiger partial charge < -0.3 is 15.9 Å². The molecule has 3 atom stereocenters. The summed E-state index contributed by atoms with van der Waals surface area (Å²) < 4.78 is 0. The zero-order valence-electron chi connectivity index (χ0n) is 15.3. The second kappa shape index (κ2) is 7.90. The minimum Gasteiger partial charge on any atom is -0.481 e. The molecule has 3 rings (SSSR count). The Hall–Kier alpha value is -2.70. The number of fused-ring (bicyclic) bond motifs is 1. The van der Waals surface area contributed by atoms with E-state index >= 15 is 0 Å². The number of benzene rings is 2. The van der Waals surface area contributed by atoms with E-state index in [1.165, 1.54) is 0 Å². The summed E-state index contributed by atoms with van der Waals surface area (Å²) in [5, 5.41) is 31.0. The number of aliphatic carboxylic acids is 1. The van der Waals surface area contributed by atoms with Gasteiger partial charge in [-0.05, 0) is 23.1 Å². The van der Waals surface area contributed by atoms with Gasteiger partial charge >= 0.3 is 5.97 Å². The predicted molar refractivity (Wildman–Crippen MR) is 104 cm³/mol. The highest BCUT2D eigenvalue weighted by Gasteiger charge is 2.33. The second-order valence-corrected chi connectivity index (χ2v) is 6.92. The topological polar surface area (TPSA) is 119 Å². The van der Waals surface area contributed by atoms with Crippen molar-refractivity contribution in [2.75, 3.05) is 0 Å². The molecule has 0 aliphatic carbocycles. The lowest BCUT2D eigenvalue weighted by Gasteiger charge is -2.17. The molecule has 0 amide bonds. The Balaban J connectivity index is 2.00. The highest BCUT2D eigenvalue weighted by atomic mass is 16.4. The first-order chi connectivity index (χ1) is 12.9. The SMILES string of the molecule is CCCCC(C(=O)O)c1ccc2c(c1)C(O)NC2c1ccccc1C(=N)N. The van der Waals surface area contributed by atoms with E-state index in [-0.39, 0.29) is 11.9 Å². The predicted octanol–water partition coefficient (Wildman–Crippen LogP) is 3.01. The molecule has 0 bridgehead atoms. The standard InChI is InChI=1S/C21H25N3O3/c1-2-3-6-13(21(26)27)12-9-10-15-17(11-12)20(25)24-18(15)14-7-4-5-8-16(14)19(22)23/h4-5,7-11,13,18,20,24-25H,2-3,6H2,1H3,(H3,22,23)(H,26,27). The van der Waals surface area contributed by atoms with Gasteiger partial charge in [0.25, 0.3) is 0 Å². The van der Waals surface area contributed by atoms with Crippen LogP contribution in [0.3, 0.4) is 0 Å². The molecule has 2 aromatic rings. The number of nitrogens with two attached hydrogens (primary N) is 1. The maximum Gasteiger partial charge on any atom is 0.310 e. The number of carboxylic acid groups (broad SMARTS) is 1. The van der Waals surface area contributed by atoms with Gasteiger partial charge in [0.05, 0.1) is 12.0 Å². The van der Waals surface area contributed by atoms with Crippen LogP contribution in [0.25, 0.3) is 0 Å². The van der Waals surface area contributed by atoms with Gasteiger partial charge in [0.15, 0.2) is 0 Å². The molecule has 0 spiro atoms. The maximum absolute atomic E-state index is 11.7. The quantitative estimate of drug-likeness (QED) is 0.381. The molecule has 2 aromatic carbocycles. The van der Waals surface area contributed by atoms with Crippen molar-refractivity contribution < 1.29 is 15.0 Å². The number of carbonyl (C=O) groups is 1. The lowest BCUT2D eigenvalue weighted by molar-refractivity contribution is -0.139. The van der Waals surface area contributed by atoms with Gasteiger partial charge in [-0.25, -0.2) is 0 Å². The number of carboxylic acids is 1. The first-order valence-electron chi connectivity index (χ1n) is 9.18. The van der Waals surface area contributed by atoms with Gasteiger partial charge in [0.2, 0.25) is 0 Å². The average Bonchev–Trinajstić information content (AvgIpc) is 2.98. The Morgan fingerprint density at radius 1 is 1.22 bits per heavy atom. The Bertz CT molecular complexity index is 866. The Morgan fingerprint density at radius 3 is 2.63 bits per heavy atom. The molecule has 0 radical (unpaired) electrons. The Kier molecular flexibility index (Phi) is 5.58. The van der Waals surface area contributed by atoms with Crippen LogP contribution in [-0.4, -0.2) is 22.0 Å². The van der Waals surface area contributed by atoms with Gasteiger partial charge in [-0.3, -0.25) is 15.5 Å². The highest BCUT2D eigenvalue weighted by Crippen LogP contribution is 2.39. The largest absolute Gasteiger partial charge is 0.481 e. The number of rotatable bonds is 7. The summed E-state index contributed by atoms with van der Waals surface area (Å²) in [4.78, 5) is 11.7. The molecule has 27 heavy (non-hydrogen) atoms. The molecular weight excluding hydrogens is 342 g/mol. The van der Waals surface area contributed by atoms with Crippen LogP contribution in [0, 0.1) is 5.41 Å². The van der Waals surface area contributed by atoms with Crippen LogP contribution in [0.1, 0.15) is 72.2 Å². The summed E-state index contributed by atoms with van der Waals surface area (Å²) in [5.41, 5.74) is 9.40. The van der Waals surface area contributed by atoms with Crippen molar-refractivity contribution in [3.63, 3.8) is 0 Å². The monoisotopic (exact) mass is 367 g/mol. The van der Waals surface area contributed by atoms with Crippen LogP contribution in [-0.2, 0) is 4.79 Å². The van der Waals surface area contributed by atoms with Crippen molar-refractivity contribution in [2.45, 2.75) is 44.4 Å². The molecule has 142 valence electrons. The number of aliphatic hydroxyl groups is 1. The third kappa shape index (κ3) is 3.72. The molecule has 6 nitrogen and oxygen atoms in total. The van der Waals surface area contributed by atoms with Gasteiger partial charge in [-0.1, -0.05) is 62.2 Å². The van der Waals surface area contributed by atoms with Gasteiger partial charge in [-0.15, -0.1) is 0 Å². The van der Waals surface area contributed by atoms with Crippen LogP contribution < -0.4 is 11.1 Å². The molecule has 1 heterocycles. The molecule has 6 N–H and O–H groups in total. The normalized spacial score (nSPS) is 19.5. The number of hydrogen-bond acceptors (Lipinski definition) is 4. The van der Waals surface area contributed by atoms with Crippen molar-refractivity contribution in [3.05, 3.63) is 70.3 Å². The zero-order valence-corrected chi connectivity index (χ0v) is 15.3. The molecule has 3 unspecified atom stereocenters. The molecule has 0 saturated heterocycles. The number of amidine groups is 1. The number of aliphatic hydroxyl groups excluding tert-OH is 1. The molecule has 0 fully saturated rings. The van der Waals surface area contributed by atoms with Crippen LogP contribution >= 0.6 is 0 Å². The number of nitrogens with one attached hydrogen (secondary N) is 2. The van der Waals surface area contributed by atoms with Gasteiger partial charge in [0, 0.05) is 11.1 Å². The van der Waals surface area contributed by atoms with E-state index in [0.29, 0.717) is 23.1 Å². The average molecular weight is 367 g/mol. The lowest BCUT2D eigenvalue weighted by atomic mass is 9.88. The number of unbranched alkanes of at least 4 members (excludes halogenated alkanes) is 1. The smallest absolute Gasteiger partial charge is 0.310 e. The van der Waals surface area contributed by atoms with Crippen LogP contribution in [0.4, 0.5) is 0 Å². The first kappa shape index (κ1) is 19.1. The van der Waals surface area contributed by atoms with Crippen molar-refractivity contribution in [3.8, 4) is 0 Å². The van der Waals surface area contributed by atoms with E-state index in [4.69, 9.17) is 11.1 Å². The maximum atomic E-state index is 11.7.